The molecule has 67 heavy (non-hydrogen) atoms. The van der Waals surface area contributed by atoms with E-state index in [2.05, 4.69) is 47.1 Å². The molecule has 4 aromatic rings. The first kappa shape index (κ1) is 49.1. The zero-order chi connectivity index (χ0) is 47.6. The van der Waals surface area contributed by atoms with Crippen molar-refractivity contribution in [3.63, 3.8) is 0 Å². The van der Waals surface area contributed by atoms with Gasteiger partial charge < -0.3 is 41.5 Å². The van der Waals surface area contributed by atoms with E-state index < -0.39 is 54.2 Å². The first-order valence-electron chi connectivity index (χ1n) is 23.3. The van der Waals surface area contributed by atoms with Crippen molar-refractivity contribution in [1.82, 2.24) is 66.3 Å². The van der Waals surface area contributed by atoms with Gasteiger partial charge in [0.15, 0.2) is 0 Å². The Morgan fingerprint density at radius 3 is 2.27 bits per heavy atom. The molecular weight excluding hydrogens is 877 g/mol. The monoisotopic (exact) mass is 940 g/mol. The molecule has 5 heterocycles. The van der Waals surface area contributed by atoms with E-state index in [9.17, 15) is 24.0 Å². The normalized spacial score (nSPS) is 22.4. The van der Waals surface area contributed by atoms with Crippen molar-refractivity contribution in [3.05, 3.63) is 83.7 Å². The third kappa shape index (κ3) is 11.7. The van der Waals surface area contributed by atoms with Crippen molar-refractivity contribution in [2.45, 2.75) is 145 Å². The molecule has 2 aromatic heterocycles. The minimum Gasteiger partial charge on any atom is -0.369 e. The molecule has 0 radical (unpaired) electrons. The number of amides is 5. The van der Waals surface area contributed by atoms with E-state index in [4.69, 9.17) is 10.5 Å². The number of hydrogen-bond acceptors (Lipinski definition) is 14. The fraction of sp³-hybridized carbons (Fsp3) is 0.565. The van der Waals surface area contributed by atoms with Crippen LogP contribution in [-0.4, -0.2) is 143 Å². The highest BCUT2D eigenvalue weighted by molar-refractivity contribution is 7.98. The highest BCUT2D eigenvalue weighted by Crippen LogP contribution is 2.35. The number of benzene rings is 2. The molecule has 3 aliphatic heterocycles. The Balaban J connectivity index is 1.05. The van der Waals surface area contributed by atoms with Crippen LogP contribution in [0.4, 0.5) is 0 Å². The van der Waals surface area contributed by atoms with E-state index in [1.165, 1.54) is 11.8 Å². The number of nitrogens with zero attached hydrogens (tertiary/aromatic N) is 9. The molecule has 6 N–H and O–H groups in total. The smallest absolute Gasteiger partial charge is 0.248 e. The zero-order valence-corrected chi connectivity index (χ0v) is 39.7. The summed E-state index contributed by atoms with van der Waals surface area (Å²) in [5.74, 6) is -2.06. The number of carbonyl (C=O) groups is 5. The number of fused-ring (bicyclic) bond motifs is 1. The van der Waals surface area contributed by atoms with Crippen LogP contribution in [0.25, 0.3) is 0 Å². The van der Waals surface area contributed by atoms with Gasteiger partial charge in [0.2, 0.25) is 34.7 Å². The van der Waals surface area contributed by atoms with Gasteiger partial charge in [-0.3, -0.25) is 28.7 Å². The molecule has 360 valence electrons. The largest absolute Gasteiger partial charge is 0.369 e. The van der Waals surface area contributed by atoms with Crippen LogP contribution in [-0.2, 0) is 48.4 Å². The highest BCUT2D eigenvalue weighted by atomic mass is 32.2. The van der Waals surface area contributed by atoms with E-state index in [1.807, 2.05) is 66.9 Å². The molecule has 21 heteroatoms. The van der Waals surface area contributed by atoms with Crippen molar-refractivity contribution in [1.29, 1.82) is 0 Å². The number of hydrogen-bond donors (Lipinski definition) is 5. The van der Waals surface area contributed by atoms with Crippen molar-refractivity contribution in [2.24, 2.45) is 11.7 Å². The third-order valence-electron chi connectivity index (χ3n) is 13.4. The number of tetrazole rings is 1. The van der Waals surface area contributed by atoms with Gasteiger partial charge >= 0.3 is 0 Å². The Morgan fingerprint density at radius 1 is 0.896 bits per heavy atom. The molecule has 0 saturated carbocycles. The average molecular weight is 941 g/mol. The lowest BCUT2D eigenvalue weighted by Gasteiger charge is -2.33. The van der Waals surface area contributed by atoms with Gasteiger partial charge in [-0.15, -0.1) is 10.2 Å². The Bertz CT molecular complexity index is 2260. The zero-order valence-electron chi connectivity index (χ0n) is 38.9. The van der Waals surface area contributed by atoms with E-state index in [-0.39, 0.29) is 48.9 Å². The molecule has 7 rings (SSSR count). The van der Waals surface area contributed by atoms with Gasteiger partial charge in [-0.2, -0.15) is 0 Å². The first-order valence-corrected chi connectivity index (χ1v) is 24.5. The second-order valence-electron chi connectivity index (χ2n) is 17.7. The number of likely N-dealkylation sites (tertiary alicyclic amines) is 1. The molecule has 0 bridgehead atoms. The van der Waals surface area contributed by atoms with Crippen molar-refractivity contribution in [2.75, 3.05) is 19.8 Å². The maximum Gasteiger partial charge on any atom is 0.248 e. The van der Waals surface area contributed by atoms with Gasteiger partial charge in [0, 0.05) is 25.0 Å². The molecule has 9 atom stereocenters. The summed E-state index contributed by atoms with van der Waals surface area (Å²) in [5, 5.41) is 33.4. The van der Waals surface area contributed by atoms with Crippen LogP contribution in [0.3, 0.4) is 0 Å². The lowest BCUT2D eigenvalue weighted by Crippen LogP contribution is -2.58. The number of carbonyl (C=O) groups excluding carboxylic acids is 5. The molecule has 3 saturated heterocycles. The average Bonchev–Trinajstić information content (AvgIpc) is 4.19. The standard InChI is InChI=1S/C46H64N14O6S/c1-6-36(47)42(62)51-40-32(19-20-34-21-22-37(60(34)45(40)65)43(63)50-39(30-14-9-7-10-15-30)31-16-11-8-12-17-31)24-57-25-33(52-55-57)27-66-29(3)38(49-41(61)28(2)48-4)44(64)58-23-13-18-35(58)26-59-46(67-5)53-54-56-59/h7-12,14-17,25,28-29,32,34-40,48H,6,13,18-24,26-27,47H2,1-5H3,(H,49,61)(H,50,63)(H,51,62)/t28-,29+,32+,34-,35-,36-,37-,38-,40-/m0/s1. The summed E-state index contributed by atoms with van der Waals surface area (Å²) >= 11 is 1.42. The number of likely N-dealkylation sites (N-methyl/N-ethyl adjacent to an activating group) is 1. The third-order valence-corrected chi connectivity index (χ3v) is 14.0. The van der Waals surface area contributed by atoms with E-state index >= 15 is 0 Å². The minimum absolute atomic E-state index is 0.0255. The second kappa shape index (κ2) is 22.8. The van der Waals surface area contributed by atoms with Crippen LogP contribution in [0.1, 0.15) is 88.6 Å². The summed E-state index contributed by atoms with van der Waals surface area (Å²) < 4.78 is 9.59. The second-order valence-corrected chi connectivity index (χ2v) is 18.5. The van der Waals surface area contributed by atoms with Crippen molar-refractivity contribution in [3.8, 4) is 0 Å². The minimum atomic E-state index is -1.01. The van der Waals surface area contributed by atoms with Gasteiger partial charge in [-0.25, -0.2) is 4.68 Å². The summed E-state index contributed by atoms with van der Waals surface area (Å²) in [7, 11) is 1.67. The number of rotatable bonds is 20. The molecule has 5 amide bonds. The molecule has 0 spiro atoms. The fourth-order valence-corrected chi connectivity index (χ4v) is 9.83. The molecular formula is C46H64N14O6S. The Labute approximate surface area is 395 Å². The molecule has 3 fully saturated rings. The number of nitrogens with one attached hydrogen (secondary N) is 4. The van der Waals surface area contributed by atoms with E-state index in [0.717, 1.165) is 24.0 Å². The molecule has 3 aliphatic rings. The molecule has 2 aromatic carbocycles. The maximum absolute atomic E-state index is 14.8. The Hall–Kier alpha value is -5.77. The SMILES string of the molecule is CC[C@H](N)C(=O)N[C@@H]1C(=O)N2[C@@H](CC[C@@H]1Cn1cc(CO[C@H](C)[C@H](NC(=O)[C@H](C)NC)C(=O)N3CCC[C@H]3Cn3nnnc3SC)nn1)CC[C@H]2C(=O)NC(c1ccccc1)c1ccccc1. The number of ether oxygens (including phenoxy) is 1. The van der Waals surface area contributed by atoms with Crippen molar-refractivity contribution < 1.29 is 28.7 Å². The molecule has 0 unspecified atom stereocenters. The summed E-state index contributed by atoms with van der Waals surface area (Å²) in [5.41, 5.74) is 8.49. The van der Waals surface area contributed by atoms with Crippen LogP contribution in [0.5, 0.6) is 0 Å². The van der Waals surface area contributed by atoms with Crippen LogP contribution < -0.4 is 27.0 Å². The molecule has 0 aliphatic carbocycles. The van der Waals surface area contributed by atoms with Gasteiger partial charge in [0.1, 0.15) is 23.8 Å². The highest BCUT2D eigenvalue weighted by Gasteiger charge is 2.48. The van der Waals surface area contributed by atoms with Gasteiger partial charge in [0.05, 0.1) is 49.6 Å². The quantitative estimate of drug-likeness (QED) is 0.0790. The summed E-state index contributed by atoms with van der Waals surface area (Å²) in [6.45, 7) is 6.40. The summed E-state index contributed by atoms with van der Waals surface area (Å²) in [6.07, 6.45) is 7.08. The summed E-state index contributed by atoms with van der Waals surface area (Å²) in [6, 6.07) is 14.6. The number of thioether (sulfide) groups is 1. The lowest BCUT2D eigenvalue weighted by molar-refractivity contribution is -0.143. The Morgan fingerprint density at radius 2 is 1.60 bits per heavy atom. The van der Waals surface area contributed by atoms with Crippen LogP contribution in [0.15, 0.2) is 72.0 Å². The number of aromatic nitrogens is 7. The predicted molar refractivity (Wildman–Crippen MR) is 249 cm³/mol. The first-order chi connectivity index (χ1) is 32.4. The van der Waals surface area contributed by atoms with Crippen LogP contribution in [0.2, 0.25) is 0 Å². The van der Waals surface area contributed by atoms with Crippen LogP contribution in [0, 0.1) is 5.92 Å². The predicted octanol–water partition coefficient (Wildman–Crippen LogP) is 1.57. The van der Waals surface area contributed by atoms with Gasteiger partial charge in [-0.1, -0.05) is 84.6 Å². The van der Waals surface area contributed by atoms with Crippen molar-refractivity contribution >= 4 is 41.3 Å². The van der Waals surface area contributed by atoms with E-state index in [1.54, 1.807) is 53.2 Å². The van der Waals surface area contributed by atoms with Gasteiger partial charge in [0.25, 0.3) is 0 Å². The number of nitrogens with two attached hydrogens (primary N) is 1. The van der Waals surface area contributed by atoms with Crippen LogP contribution >= 0.6 is 11.8 Å². The topological polar surface area (TPSA) is 250 Å². The Kier molecular flexibility index (Phi) is 16.7. The molecule has 20 nitrogen and oxygen atoms in total. The fourth-order valence-electron chi connectivity index (χ4n) is 9.39. The summed E-state index contributed by atoms with van der Waals surface area (Å²) in [4.78, 5) is 73.6. The van der Waals surface area contributed by atoms with Gasteiger partial charge in [-0.05, 0) is 93.7 Å². The maximum atomic E-state index is 14.8. The lowest BCUT2D eigenvalue weighted by atomic mass is 9.92. The van der Waals surface area contributed by atoms with E-state index in [0.29, 0.717) is 56.0 Å².